The number of carbonyl (C=O) groups is 1. The number of aromatic nitrogens is 1. The summed E-state index contributed by atoms with van der Waals surface area (Å²) in [5.74, 6) is -1.08. The van der Waals surface area contributed by atoms with Gasteiger partial charge in [-0.05, 0) is 38.0 Å². The lowest BCUT2D eigenvalue weighted by Gasteiger charge is -2.38. The van der Waals surface area contributed by atoms with Crippen LogP contribution in [0.4, 0.5) is 5.69 Å². The Hall–Kier alpha value is -2.32. The molecule has 23 heavy (non-hydrogen) atoms. The van der Waals surface area contributed by atoms with Gasteiger partial charge in [-0.3, -0.25) is 9.78 Å². The minimum atomic E-state index is -0.750. The molecule has 1 aromatic heterocycles. The van der Waals surface area contributed by atoms with Crippen LogP contribution in [0.15, 0.2) is 24.4 Å². The summed E-state index contributed by atoms with van der Waals surface area (Å²) in [7, 11) is 0. The van der Waals surface area contributed by atoms with Crippen LogP contribution in [0.2, 0.25) is 5.02 Å². The maximum absolute atomic E-state index is 11.2. The Kier molecular flexibility index (Phi) is 4.10. The third-order valence-electron chi connectivity index (χ3n) is 4.43. The van der Waals surface area contributed by atoms with Crippen LogP contribution in [-0.4, -0.2) is 28.6 Å². The van der Waals surface area contributed by atoms with Crippen LogP contribution < -0.4 is 4.90 Å². The molecule has 2 heterocycles. The summed E-state index contributed by atoms with van der Waals surface area (Å²) in [4.78, 5) is 17.6. The number of halogens is 1. The second-order valence-corrected chi connectivity index (χ2v) is 6.33. The van der Waals surface area contributed by atoms with Crippen molar-refractivity contribution in [3.63, 3.8) is 0 Å². The van der Waals surface area contributed by atoms with Crippen molar-refractivity contribution >= 4 is 34.2 Å². The number of rotatable bonds is 2. The first-order valence-corrected chi connectivity index (χ1v) is 7.87. The molecule has 2 aromatic rings. The zero-order valence-electron chi connectivity index (χ0n) is 12.7. The predicted octanol–water partition coefficient (Wildman–Crippen LogP) is 3.45. The average Bonchev–Trinajstić information content (AvgIpc) is 2.53. The van der Waals surface area contributed by atoms with Gasteiger partial charge in [0.1, 0.15) is 6.07 Å². The first-order chi connectivity index (χ1) is 11.0. The van der Waals surface area contributed by atoms with E-state index in [2.05, 4.69) is 16.0 Å². The van der Waals surface area contributed by atoms with Crippen molar-refractivity contribution in [1.29, 1.82) is 5.26 Å². The molecule has 0 aliphatic carbocycles. The molecular weight excluding hydrogens is 314 g/mol. The van der Waals surface area contributed by atoms with Crippen molar-refractivity contribution in [1.82, 2.24) is 4.98 Å². The fourth-order valence-electron chi connectivity index (χ4n) is 3.27. The highest BCUT2D eigenvalue weighted by Crippen LogP contribution is 2.36. The molecule has 3 rings (SSSR count). The Balaban J connectivity index is 2.10. The number of carboxylic acids is 1. The highest BCUT2D eigenvalue weighted by molar-refractivity contribution is 6.31. The number of nitriles is 1. The number of nitrogens with zero attached hydrogens (tertiary/aromatic N) is 3. The average molecular weight is 330 g/mol. The Morgan fingerprint density at radius 1 is 1.52 bits per heavy atom. The van der Waals surface area contributed by atoms with Gasteiger partial charge in [-0.25, -0.2) is 0 Å². The molecule has 0 radical (unpaired) electrons. The molecule has 1 aromatic carbocycles. The highest BCUT2D eigenvalue weighted by atomic mass is 35.5. The van der Waals surface area contributed by atoms with Gasteiger partial charge >= 0.3 is 5.97 Å². The van der Waals surface area contributed by atoms with Gasteiger partial charge in [-0.2, -0.15) is 5.26 Å². The largest absolute Gasteiger partial charge is 0.481 e. The molecule has 0 amide bonds. The lowest BCUT2D eigenvalue weighted by atomic mass is 9.90. The van der Waals surface area contributed by atoms with E-state index in [0.717, 1.165) is 16.6 Å². The van der Waals surface area contributed by atoms with Crippen LogP contribution >= 0.6 is 11.6 Å². The molecule has 0 saturated carbocycles. The van der Waals surface area contributed by atoms with Crippen LogP contribution in [-0.2, 0) is 4.79 Å². The Morgan fingerprint density at radius 2 is 2.30 bits per heavy atom. The fraction of sp³-hybridized carbons (Fsp3) is 0.353. The molecular formula is C17H16ClN3O2. The lowest BCUT2D eigenvalue weighted by Crippen LogP contribution is -2.43. The van der Waals surface area contributed by atoms with E-state index in [4.69, 9.17) is 11.6 Å². The summed E-state index contributed by atoms with van der Waals surface area (Å²) >= 11 is 6.12. The molecule has 6 heteroatoms. The van der Waals surface area contributed by atoms with Gasteiger partial charge in [0.25, 0.3) is 0 Å². The van der Waals surface area contributed by atoms with Crippen molar-refractivity contribution in [2.24, 2.45) is 5.92 Å². The summed E-state index contributed by atoms with van der Waals surface area (Å²) in [6.07, 6.45) is 2.70. The fourth-order valence-corrected chi connectivity index (χ4v) is 3.44. The van der Waals surface area contributed by atoms with Crippen LogP contribution in [0.5, 0.6) is 0 Å². The molecule has 0 spiro atoms. The van der Waals surface area contributed by atoms with Crippen molar-refractivity contribution < 1.29 is 9.90 Å². The van der Waals surface area contributed by atoms with Crippen molar-refractivity contribution in [3.05, 3.63) is 35.0 Å². The molecule has 0 unspecified atom stereocenters. The molecule has 5 nitrogen and oxygen atoms in total. The monoisotopic (exact) mass is 329 g/mol. The molecule has 1 N–H and O–H groups in total. The molecule has 1 saturated heterocycles. The van der Waals surface area contributed by atoms with Gasteiger partial charge in [0, 0.05) is 29.2 Å². The van der Waals surface area contributed by atoms with Gasteiger partial charge in [0.15, 0.2) is 0 Å². The van der Waals surface area contributed by atoms with E-state index in [1.807, 2.05) is 19.1 Å². The SMILES string of the molecule is C[C@H]1C[C@H](C(=O)O)CCN1c1c(C#N)cnc2ccc(Cl)cc12. The Morgan fingerprint density at radius 3 is 2.96 bits per heavy atom. The maximum Gasteiger partial charge on any atom is 0.306 e. The normalized spacial score (nSPS) is 21.2. The maximum atomic E-state index is 11.2. The molecule has 1 aliphatic rings. The smallest absolute Gasteiger partial charge is 0.306 e. The van der Waals surface area contributed by atoms with Crippen molar-refractivity contribution in [3.8, 4) is 6.07 Å². The number of benzene rings is 1. The number of pyridine rings is 1. The van der Waals surface area contributed by atoms with Gasteiger partial charge in [0.05, 0.1) is 22.7 Å². The van der Waals surface area contributed by atoms with E-state index in [1.54, 1.807) is 12.3 Å². The number of carboxylic acid groups (broad SMARTS) is 1. The van der Waals surface area contributed by atoms with E-state index in [1.165, 1.54) is 0 Å². The van der Waals surface area contributed by atoms with E-state index in [0.29, 0.717) is 30.0 Å². The molecule has 1 fully saturated rings. The summed E-state index contributed by atoms with van der Waals surface area (Å²) in [6.45, 7) is 2.59. The van der Waals surface area contributed by atoms with Gasteiger partial charge in [0.2, 0.25) is 0 Å². The number of hydrogen-bond donors (Lipinski definition) is 1. The highest BCUT2D eigenvalue weighted by Gasteiger charge is 2.31. The van der Waals surface area contributed by atoms with Crippen LogP contribution in [0.25, 0.3) is 10.9 Å². The number of fused-ring (bicyclic) bond motifs is 1. The number of piperidine rings is 1. The minimum absolute atomic E-state index is 0.0292. The van der Waals surface area contributed by atoms with Crippen molar-refractivity contribution in [2.45, 2.75) is 25.8 Å². The number of aliphatic carboxylic acids is 1. The molecule has 1 aliphatic heterocycles. The molecule has 0 bridgehead atoms. The van der Waals surface area contributed by atoms with Crippen LogP contribution in [0, 0.1) is 17.2 Å². The van der Waals surface area contributed by atoms with E-state index in [9.17, 15) is 15.2 Å². The summed E-state index contributed by atoms with van der Waals surface area (Å²) in [5, 5.41) is 20.1. The Bertz CT molecular complexity index is 815. The third-order valence-corrected chi connectivity index (χ3v) is 4.67. The quantitative estimate of drug-likeness (QED) is 0.913. The topological polar surface area (TPSA) is 77.2 Å². The lowest BCUT2D eigenvalue weighted by molar-refractivity contribution is -0.142. The zero-order valence-corrected chi connectivity index (χ0v) is 13.4. The summed E-state index contributed by atoms with van der Waals surface area (Å²) < 4.78 is 0. The zero-order chi connectivity index (χ0) is 16.6. The summed E-state index contributed by atoms with van der Waals surface area (Å²) in [5.41, 5.74) is 2.06. The third kappa shape index (κ3) is 2.82. The van der Waals surface area contributed by atoms with Crippen molar-refractivity contribution in [2.75, 3.05) is 11.4 Å². The Labute approximate surface area is 139 Å². The minimum Gasteiger partial charge on any atom is -0.481 e. The second-order valence-electron chi connectivity index (χ2n) is 5.90. The van der Waals surface area contributed by atoms with Crippen LogP contribution in [0.1, 0.15) is 25.3 Å². The first-order valence-electron chi connectivity index (χ1n) is 7.49. The van der Waals surface area contributed by atoms with Gasteiger partial charge < -0.3 is 10.0 Å². The predicted molar refractivity (Wildman–Crippen MR) is 88.6 cm³/mol. The van der Waals surface area contributed by atoms with Gasteiger partial charge in [-0.1, -0.05) is 11.6 Å². The molecule has 118 valence electrons. The first kappa shape index (κ1) is 15.6. The van der Waals surface area contributed by atoms with E-state index >= 15 is 0 Å². The number of hydrogen-bond acceptors (Lipinski definition) is 4. The van der Waals surface area contributed by atoms with E-state index < -0.39 is 5.97 Å². The van der Waals surface area contributed by atoms with Crippen LogP contribution in [0.3, 0.4) is 0 Å². The number of anilines is 1. The second kappa shape index (κ2) is 6.05. The van der Waals surface area contributed by atoms with Gasteiger partial charge in [-0.15, -0.1) is 0 Å². The van der Waals surface area contributed by atoms with E-state index in [-0.39, 0.29) is 12.0 Å². The summed E-state index contributed by atoms with van der Waals surface area (Å²) in [6, 6.07) is 7.64. The standard InChI is InChI=1S/C17H16ClN3O2/c1-10-6-11(17(22)23)4-5-21(10)16-12(8-19)9-20-15-3-2-13(18)7-14(15)16/h2-3,7,9-11H,4-6H2,1H3,(H,22,23)/t10-,11+/m0/s1. The molecule has 2 atom stereocenters.